The highest BCUT2D eigenvalue weighted by Crippen LogP contribution is 2.30. The van der Waals surface area contributed by atoms with E-state index in [1.165, 1.54) is 18.5 Å². The number of aromatic nitrogens is 2. The summed E-state index contributed by atoms with van der Waals surface area (Å²) in [7, 11) is 0. The molecule has 2 unspecified atom stereocenters. The standard InChI is InChI=1S/C22H28F4N6O2/c1-2-32(10-14-3-5-16(6-4-14)22(24,25)26)21-19(23)20(29-13-30-21)28-9-15-7-8-31(11-17(15)33)12-18(27)34/h3-6,13,15,17,33H,2,7-12H2,1H3,(H2,27,34)(H,28,29,30). The highest BCUT2D eigenvalue weighted by Gasteiger charge is 2.30. The fourth-order valence-corrected chi connectivity index (χ4v) is 3.94. The first kappa shape index (κ1) is 25.6. The molecule has 1 aliphatic rings. The lowest BCUT2D eigenvalue weighted by molar-refractivity contribution is -0.137. The third-order valence-electron chi connectivity index (χ3n) is 5.82. The van der Waals surface area contributed by atoms with Crippen molar-refractivity contribution >= 4 is 17.5 Å². The van der Waals surface area contributed by atoms with Gasteiger partial charge in [0.2, 0.25) is 11.7 Å². The summed E-state index contributed by atoms with van der Waals surface area (Å²) in [6.45, 7) is 3.54. The Morgan fingerprint density at radius 2 is 2.00 bits per heavy atom. The lowest BCUT2D eigenvalue weighted by atomic mass is 9.93. The number of likely N-dealkylation sites (tertiary alicyclic amines) is 1. The van der Waals surface area contributed by atoms with Gasteiger partial charge in [-0.15, -0.1) is 0 Å². The number of carbonyl (C=O) groups excluding carboxylic acids is 1. The van der Waals surface area contributed by atoms with Gasteiger partial charge in [-0.05, 0) is 37.6 Å². The molecule has 0 bridgehead atoms. The van der Waals surface area contributed by atoms with Crippen LogP contribution in [-0.2, 0) is 17.5 Å². The van der Waals surface area contributed by atoms with Crippen molar-refractivity contribution in [3.8, 4) is 0 Å². The fraction of sp³-hybridized carbons (Fsp3) is 0.500. The summed E-state index contributed by atoms with van der Waals surface area (Å²) in [4.78, 5) is 22.4. The van der Waals surface area contributed by atoms with Crippen molar-refractivity contribution in [3.63, 3.8) is 0 Å². The Labute approximate surface area is 194 Å². The molecular weight excluding hydrogens is 456 g/mol. The van der Waals surface area contributed by atoms with Gasteiger partial charge in [0.05, 0.1) is 18.2 Å². The number of aliphatic hydroxyl groups is 1. The van der Waals surface area contributed by atoms with E-state index in [2.05, 4.69) is 15.3 Å². The van der Waals surface area contributed by atoms with Crippen molar-refractivity contribution in [1.29, 1.82) is 0 Å². The Bertz CT molecular complexity index is 973. The van der Waals surface area contributed by atoms with Crippen molar-refractivity contribution in [2.45, 2.75) is 32.2 Å². The van der Waals surface area contributed by atoms with Crippen LogP contribution in [0.5, 0.6) is 0 Å². The number of halogens is 4. The number of primary amides is 1. The molecule has 186 valence electrons. The highest BCUT2D eigenvalue weighted by atomic mass is 19.4. The van der Waals surface area contributed by atoms with Gasteiger partial charge in [-0.25, -0.2) is 9.97 Å². The Morgan fingerprint density at radius 3 is 2.59 bits per heavy atom. The van der Waals surface area contributed by atoms with Crippen molar-refractivity contribution in [1.82, 2.24) is 14.9 Å². The highest BCUT2D eigenvalue weighted by molar-refractivity contribution is 5.75. The number of benzene rings is 1. The number of rotatable bonds is 9. The third-order valence-corrected chi connectivity index (χ3v) is 5.82. The molecule has 1 aromatic carbocycles. The monoisotopic (exact) mass is 484 g/mol. The zero-order chi connectivity index (χ0) is 24.9. The number of β-amino-alcohol motifs (C(OH)–C–C–N with tert-alkyl or cyclic N) is 1. The predicted molar refractivity (Wildman–Crippen MR) is 118 cm³/mol. The van der Waals surface area contributed by atoms with Crippen LogP contribution < -0.4 is 16.0 Å². The third kappa shape index (κ3) is 6.54. The minimum absolute atomic E-state index is 0.0247. The summed E-state index contributed by atoms with van der Waals surface area (Å²) < 4.78 is 53.6. The Balaban J connectivity index is 1.64. The lowest BCUT2D eigenvalue weighted by Crippen LogP contribution is -2.48. The molecule has 1 aromatic heterocycles. The number of anilines is 2. The minimum Gasteiger partial charge on any atom is -0.391 e. The van der Waals surface area contributed by atoms with Gasteiger partial charge in [-0.3, -0.25) is 9.69 Å². The molecule has 0 spiro atoms. The summed E-state index contributed by atoms with van der Waals surface area (Å²) in [5, 5.41) is 13.3. The molecule has 0 saturated carbocycles. The summed E-state index contributed by atoms with van der Waals surface area (Å²) in [6, 6.07) is 4.70. The second-order valence-electron chi connectivity index (χ2n) is 8.27. The zero-order valence-corrected chi connectivity index (χ0v) is 18.7. The van der Waals surface area contributed by atoms with Gasteiger partial charge < -0.3 is 21.1 Å². The van der Waals surface area contributed by atoms with Crippen LogP contribution >= 0.6 is 0 Å². The Hall–Kier alpha value is -2.99. The molecule has 1 saturated heterocycles. The molecule has 2 aromatic rings. The topological polar surface area (TPSA) is 108 Å². The molecule has 4 N–H and O–H groups in total. The van der Waals surface area contributed by atoms with E-state index >= 15 is 4.39 Å². The van der Waals surface area contributed by atoms with E-state index in [0.29, 0.717) is 31.6 Å². The van der Waals surface area contributed by atoms with E-state index in [1.54, 1.807) is 16.7 Å². The van der Waals surface area contributed by atoms with Gasteiger partial charge >= 0.3 is 6.18 Å². The van der Waals surface area contributed by atoms with Crippen molar-refractivity contribution in [2.75, 3.05) is 42.9 Å². The molecule has 0 aliphatic carbocycles. The van der Waals surface area contributed by atoms with E-state index in [0.717, 1.165) is 12.1 Å². The van der Waals surface area contributed by atoms with Crippen molar-refractivity contribution in [3.05, 3.63) is 47.5 Å². The number of nitrogens with one attached hydrogen (secondary N) is 1. The number of hydrogen-bond acceptors (Lipinski definition) is 7. The van der Waals surface area contributed by atoms with E-state index in [4.69, 9.17) is 5.73 Å². The summed E-state index contributed by atoms with van der Waals surface area (Å²) in [5.41, 5.74) is 5.03. The number of piperidine rings is 1. The number of nitrogens with zero attached hydrogens (tertiary/aromatic N) is 4. The zero-order valence-electron chi connectivity index (χ0n) is 18.7. The Kier molecular flexibility index (Phi) is 8.26. The van der Waals surface area contributed by atoms with Crippen LogP contribution in [0.15, 0.2) is 30.6 Å². The molecule has 2 atom stereocenters. The van der Waals surface area contributed by atoms with Crippen LogP contribution in [0.4, 0.5) is 29.2 Å². The number of aliphatic hydroxyl groups excluding tert-OH is 1. The maximum Gasteiger partial charge on any atom is 0.416 e. The maximum atomic E-state index is 15.2. The molecule has 1 fully saturated rings. The minimum atomic E-state index is -4.42. The van der Waals surface area contributed by atoms with Crippen LogP contribution in [0, 0.1) is 11.7 Å². The molecule has 1 aliphatic heterocycles. The van der Waals surface area contributed by atoms with E-state index in [9.17, 15) is 23.1 Å². The average Bonchev–Trinajstić information content (AvgIpc) is 2.77. The molecule has 3 rings (SSSR count). The van der Waals surface area contributed by atoms with Crippen LogP contribution in [0.25, 0.3) is 0 Å². The molecule has 8 nitrogen and oxygen atoms in total. The molecule has 1 amide bonds. The number of carbonyl (C=O) groups is 1. The van der Waals surface area contributed by atoms with E-state index in [-0.39, 0.29) is 37.2 Å². The van der Waals surface area contributed by atoms with Crippen LogP contribution in [-0.4, -0.2) is 64.7 Å². The smallest absolute Gasteiger partial charge is 0.391 e. The van der Waals surface area contributed by atoms with Gasteiger partial charge in [0.25, 0.3) is 0 Å². The number of nitrogens with two attached hydrogens (primary N) is 1. The van der Waals surface area contributed by atoms with Crippen molar-refractivity contribution < 1.29 is 27.5 Å². The number of hydrogen-bond donors (Lipinski definition) is 3. The van der Waals surface area contributed by atoms with Gasteiger partial charge in [0, 0.05) is 32.1 Å². The second-order valence-corrected chi connectivity index (χ2v) is 8.27. The Morgan fingerprint density at radius 1 is 1.29 bits per heavy atom. The second kappa shape index (κ2) is 11.0. The molecular formula is C22H28F4N6O2. The van der Waals surface area contributed by atoms with Crippen LogP contribution in [0.1, 0.15) is 24.5 Å². The van der Waals surface area contributed by atoms with Gasteiger partial charge in [0.15, 0.2) is 11.6 Å². The van der Waals surface area contributed by atoms with Crippen LogP contribution in [0.2, 0.25) is 0 Å². The van der Waals surface area contributed by atoms with Gasteiger partial charge in [0.1, 0.15) is 6.33 Å². The molecule has 0 radical (unpaired) electrons. The number of amides is 1. The molecule has 2 heterocycles. The molecule has 34 heavy (non-hydrogen) atoms. The first-order chi connectivity index (χ1) is 16.1. The SMILES string of the molecule is CCN(Cc1ccc(C(F)(F)F)cc1)c1ncnc(NCC2CCN(CC(N)=O)CC2O)c1F. The fourth-order valence-electron chi connectivity index (χ4n) is 3.94. The lowest BCUT2D eigenvalue weighted by Gasteiger charge is -2.35. The normalized spacial score (nSPS) is 19.1. The van der Waals surface area contributed by atoms with Crippen LogP contribution in [0.3, 0.4) is 0 Å². The van der Waals surface area contributed by atoms with Gasteiger partial charge in [-0.2, -0.15) is 17.6 Å². The van der Waals surface area contributed by atoms with E-state index < -0.39 is 29.6 Å². The maximum absolute atomic E-state index is 15.2. The quantitative estimate of drug-likeness (QED) is 0.469. The summed E-state index contributed by atoms with van der Waals surface area (Å²) in [6.07, 6.45) is -3.33. The van der Waals surface area contributed by atoms with Crippen molar-refractivity contribution in [2.24, 2.45) is 11.7 Å². The first-order valence-corrected chi connectivity index (χ1v) is 10.9. The summed E-state index contributed by atoms with van der Waals surface area (Å²) in [5.74, 6) is -1.32. The average molecular weight is 484 g/mol. The first-order valence-electron chi connectivity index (χ1n) is 10.9. The van der Waals surface area contributed by atoms with E-state index in [1.807, 2.05) is 0 Å². The molecule has 12 heteroatoms. The van der Waals surface area contributed by atoms with Gasteiger partial charge in [-0.1, -0.05) is 12.1 Å². The number of alkyl halides is 3. The predicted octanol–water partition coefficient (Wildman–Crippen LogP) is 2.24. The largest absolute Gasteiger partial charge is 0.416 e. The summed E-state index contributed by atoms with van der Waals surface area (Å²) >= 11 is 0.